The van der Waals surface area contributed by atoms with Gasteiger partial charge in [0.2, 0.25) is 5.91 Å². The zero-order valence-electron chi connectivity index (χ0n) is 14.7. The Morgan fingerprint density at radius 3 is 3.08 bits per heavy atom. The fourth-order valence-corrected chi connectivity index (χ4v) is 2.99. The molecule has 10 heteroatoms. The lowest BCUT2D eigenvalue weighted by Crippen LogP contribution is -2.40. The molecule has 0 fully saturated rings. The van der Waals surface area contributed by atoms with Gasteiger partial charge in [-0.1, -0.05) is 0 Å². The highest BCUT2D eigenvalue weighted by Gasteiger charge is 2.26. The molecule has 26 heavy (non-hydrogen) atoms. The number of carbonyl (C=O) groups excluding carboxylic acids is 1. The molecule has 0 radical (unpaired) electrons. The SMILES string of the molecule is CN(C)C(=O)COC[C@@H]1CN(c2ccc3nncn3n2)Cc2cncn21. The molecule has 10 nitrogen and oxygen atoms in total. The van der Waals surface area contributed by atoms with Gasteiger partial charge in [0.15, 0.2) is 5.65 Å². The molecule has 1 atom stereocenters. The van der Waals surface area contributed by atoms with E-state index in [4.69, 9.17) is 4.74 Å². The van der Waals surface area contributed by atoms with E-state index in [-0.39, 0.29) is 18.6 Å². The Balaban J connectivity index is 1.51. The smallest absolute Gasteiger partial charge is 0.248 e. The highest BCUT2D eigenvalue weighted by molar-refractivity contribution is 5.76. The number of imidazole rings is 1. The van der Waals surface area contributed by atoms with Crippen molar-refractivity contribution in [2.24, 2.45) is 0 Å². The number of aromatic nitrogens is 6. The van der Waals surface area contributed by atoms with Crippen LogP contribution in [0.4, 0.5) is 5.82 Å². The molecular formula is C16H20N8O2. The molecule has 0 bridgehead atoms. The van der Waals surface area contributed by atoms with E-state index in [9.17, 15) is 4.79 Å². The van der Waals surface area contributed by atoms with Gasteiger partial charge in [0.05, 0.1) is 31.2 Å². The van der Waals surface area contributed by atoms with Crippen LogP contribution < -0.4 is 4.90 Å². The number of carbonyl (C=O) groups is 1. The van der Waals surface area contributed by atoms with Gasteiger partial charge in [0, 0.05) is 26.8 Å². The fraction of sp³-hybridized carbons (Fsp3) is 0.438. The van der Waals surface area contributed by atoms with Gasteiger partial charge in [-0.2, -0.15) is 4.52 Å². The van der Waals surface area contributed by atoms with Crippen molar-refractivity contribution in [2.45, 2.75) is 12.6 Å². The summed E-state index contributed by atoms with van der Waals surface area (Å²) in [7, 11) is 3.43. The highest BCUT2D eigenvalue weighted by Crippen LogP contribution is 2.25. The zero-order valence-corrected chi connectivity index (χ0v) is 14.7. The quantitative estimate of drug-likeness (QED) is 0.634. The molecule has 1 aliphatic heterocycles. The minimum Gasteiger partial charge on any atom is -0.369 e. The lowest BCUT2D eigenvalue weighted by Gasteiger charge is -2.35. The molecule has 0 aliphatic carbocycles. The number of hydrogen-bond acceptors (Lipinski definition) is 7. The predicted octanol–water partition coefficient (Wildman–Crippen LogP) is -0.0131. The van der Waals surface area contributed by atoms with Crippen molar-refractivity contribution in [3.8, 4) is 0 Å². The van der Waals surface area contributed by atoms with Crippen LogP contribution in [0.25, 0.3) is 5.65 Å². The average molecular weight is 356 g/mol. The number of rotatable bonds is 5. The van der Waals surface area contributed by atoms with Crippen LogP contribution in [0.2, 0.25) is 0 Å². The van der Waals surface area contributed by atoms with Gasteiger partial charge in [-0.25, -0.2) is 4.98 Å². The Kier molecular flexibility index (Phi) is 4.25. The summed E-state index contributed by atoms with van der Waals surface area (Å²) in [6.07, 6.45) is 5.24. The van der Waals surface area contributed by atoms with E-state index in [2.05, 4.69) is 29.7 Å². The second-order valence-electron chi connectivity index (χ2n) is 6.46. The van der Waals surface area contributed by atoms with Crippen molar-refractivity contribution in [1.82, 2.24) is 34.3 Å². The molecule has 0 saturated carbocycles. The number of fused-ring (bicyclic) bond motifs is 2. The van der Waals surface area contributed by atoms with Crippen LogP contribution in [0.1, 0.15) is 11.7 Å². The maximum Gasteiger partial charge on any atom is 0.248 e. The molecule has 3 aromatic rings. The van der Waals surface area contributed by atoms with Crippen molar-refractivity contribution in [1.29, 1.82) is 0 Å². The minimum atomic E-state index is -0.0525. The molecule has 4 rings (SSSR count). The van der Waals surface area contributed by atoms with E-state index in [0.717, 1.165) is 11.5 Å². The van der Waals surface area contributed by atoms with Gasteiger partial charge in [-0.05, 0) is 12.1 Å². The Bertz CT molecular complexity index is 918. The topological polar surface area (TPSA) is 93.7 Å². The second-order valence-corrected chi connectivity index (χ2v) is 6.46. The molecule has 136 valence electrons. The third-order valence-corrected chi connectivity index (χ3v) is 4.43. The van der Waals surface area contributed by atoms with E-state index in [1.54, 1.807) is 24.9 Å². The number of likely N-dealkylation sites (N-methyl/N-ethyl adjacent to an activating group) is 1. The third kappa shape index (κ3) is 3.10. The summed E-state index contributed by atoms with van der Waals surface area (Å²) in [4.78, 5) is 19.7. The van der Waals surface area contributed by atoms with Crippen molar-refractivity contribution in [3.05, 3.63) is 36.7 Å². The van der Waals surface area contributed by atoms with Crippen LogP contribution in [-0.2, 0) is 16.1 Å². The number of ether oxygens (including phenoxy) is 1. The minimum absolute atomic E-state index is 0.0506. The number of nitrogens with zero attached hydrogens (tertiary/aromatic N) is 8. The lowest BCUT2D eigenvalue weighted by molar-refractivity contribution is -0.133. The number of anilines is 1. The Hall–Kier alpha value is -3.01. The zero-order chi connectivity index (χ0) is 18.1. The van der Waals surface area contributed by atoms with E-state index < -0.39 is 0 Å². The first-order chi connectivity index (χ1) is 12.6. The summed E-state index contributed by atoms with van der Waals surface area (Å²) >= 11 is 0. The summed E-state index contributed by atoms with van der Waals surface area (Å²) in [6, 6.07) is 3.88. The maximum atomic E-state index is 11.7. The first-order valence-corrected chi connectivity index (χ1v) is 8.32. The van der Waals surface area contributed by atoms with Crippen LogP contribution in [0, 0.1) is 0 Å². The molecule has 0 saturated heterocycles. The van der Waals surface area contributed by atoms with Gasteiger partial charge in [-0.3, -0.25) is 4.79 Å². The number of amides is 1. The van der Waals surface area contributed by atoms with Crippen molar-refractivity contribution in [3.63, 3.8) is 0 Å². The molecule has 0 aromatic carbocycles. The molecule has 0 unspecified atom stereocenters. The summed E-state index contributed by atoms with van der Waals surface area (Å²) in [5, 5.41) is 12.4. The Morgan fingerprint density at radius 2 is 2.23 bits per heavy atom. The van der Waals surface area contributed by atoms with Crippen LogP contribution >= 0.6 is 0 Å². The molecule has 3 aromatic heterocycles. The summed E-state index contributed by atoms with van der Waals surface area (Å²) in [6.45, 7) is 1.90. The standard InChI is InChI=1S/C16H20N8O2/c1-21(2)16(25)9-26-8-13-7-22(6-12-5-17-10-23(12)13)15-4-3-14-19-18-11-24(14)20-15/h3-5,10-11,13H,6-9H2,1-2H3/t13-/m0/s1. The molecular weight excluding hydrogens is 336 g/mol. The average Bonchev–Trinajstić information content (AvgIpc) is 3.29. The Labute approximate surface area is 150 Å². The van der Waals surface area contributed by atoms with E-state index in [1.807, 2.05) is 24.7 Å². The van der Waals surface area contributed by atoms with Gasteiger partial charge < -0.3 is 19.1 Å². The van der Waals surface area contributed by atoms with E-state index >= 15 is 0 Å². The monoisotopic (exact) mass is 356 g/mol. The third-order valence-electron chi connectivity index (χ3n) is 4.43. The van der Waals surface area contributed by atoms with Crippen molar-refractivity contribution in [2.75, 3.05) is 38.8 Å². The van der Waals surface area contributed by atoms with E-state index in [1.165, 1.54) is 4.90 Å². The summed E-state index contributed by atoms with van der Waals surface area (Å²) in [5.41, 5.74) is 1.78. The van der Waals surface area contributed by atoms with Crippen molar-refractivity contribution < 1.29 is 9.53 Å². The number of hydrogen-bond donors (Lipinski definition) is 0. The van der Waals surface area contributed by atoms with Gasteiger partial charge in [0.1, 0.15) is 18.8 Å². The summed E-state index contributed by atoms with van der Waals surface area (Å²) in [5.74, 6) is 0.780. The van der Waals surface area contributed by atoms with Crippen LogP contribution in [0.5, 0.6) is 0 Å². The molecule has 1 aliphatic rings. The lowest BCUT2D eigenvalue weighted by atomic mass is 10.2. The van der Waals surface area contributed by atoms with Crippen molar-refractivity contribution >= 4 is 17.4 Å². The van der Waals surface area contributed by atoms with Gasteiger partial charge >= 0.3 is 0 Å². The predicted molar refractivity (Wildman–Crippen MR) is 92.6 cm³/mol. The fourth-order valence-electron chi connectivity index (χ4n) is 2.99. The second kappa shape index (κ2) is 6.71. The molecule has 4 heterocycles. The Morgan fingerprint density at radius 1 is 1.35 bits per heavy atom. The van der Waals surface area contributed by atoms with E-state index in [0.29, 0.717) is 25.3 Å². The van der Waals surface area contributed by atoms with Crippen LogP contribution in [0.15, 0.2) is 31.0 Å². The summed E-state index contributed by atoms with van der Waals surface area (Å²) < 4.78 is 9.41. The molecule has 0 N–H and O–H groups in total. The maximum absolute atomic E-state index is 11.7. The van der Waals surface area contributed by atoms with Gasteiger partial charge in [-0.15, -0.1) is 15.3 Å². The van der Waals surface area contributed by atoms with Crippen LogP contribution in [-0.4, -0.2) is 74.0 Å². The van der Waals surface area contributed by atoms with Gasteiger partial charge in [0.25, 0.3) is 0 Å². The normalized spacial score (nSPS) is 16.7. The highest BCUT2D eigenvalue weighted by atomic mass is 16.5. The first-order valence-electron chi connectivity index (χ1n) is 8.32. The largest absolute Gasteiger partial charge is 0.369 e. The first kappa shape index (κ1) is 16.5. The molecule has 1 amide bonds. The molecule has 0 spiro atoms. The van der Waals surface area contributed by atoms with Crippen LogP contribution in [0.3, 0.4) is 0 Å².